The van der Waals surface area contributed by atoms with E-state index in [1.54, 1.807) is 0 Å². The normalized spacial score (nSPS) is 9.25. The lowest BCUT2D eigenvalue weighted by molar-refractivity contribution is 0.270. The van der Waals surface area contributed by atoms with Crippen molar-refractivity contribution in [2.45, 2.75) is 20.8 Å². The van der Waals surface area contributed by atoms with E-state index in [1.807, 2.05) is 31.2 Å². The molecule has 16 heavy (non-hydrogen) atoms. The van der Waals surface area contributed by atoms with Gasteiger partial charge in [-0.25, -0.2) is 0 Å². The fraction of sp³-hybridized carbons (Fsp3) is 0.429. The first kappa shape index (κ1) is 14.6. The van der Waals surface area contributed by atoms with Crippen LogP contribution in [0.2, 0.25) is 0 Å². The molecule has 0 aromatic heterocycles. The van der Waals surface area contributed by atoms with Crippen molar-refractivity contribution in [1.29, 1.82) is 0 Å². The van der Waals surface area contributed by atoms with Gasteiger partial charge >= 0.3 is 0 Å². The van der Waals surface area contributed by atoms with E-state index < -0.39 is 0 Å². The van der Waals surface area contributed by atoms with E-state index in [-0.39, 0.29) is 0 Å². The van der Waals surface area contributed by atoms with Gasteiger partial charge in [0.05, 0.1) is 13.2 Å². The number of ether oxygens (including phenoxy) is 2. The van der Waals surface area contributed by atoms with Crippen LogP contribution >= 0.6 is 0 Å². The highest BCUT2D eigenvalue weighted by Gasteiger charge is 1.97. The lowest BCUT2D eigenvalue weighted by atomic mass is 10.2. The first-order valence-corrected chi connectivity index (χ1v) is 5.58. The maximum Gasteiger partial charge on any atom is 0.119 e. The zero-order valence-electron chi connectivity index (χ0n) is 10.5. The highest BCUT2D eigenvalue weighted by molar-refractivity contribution is 5.31. The number of hydrogen-bond acceptors (Lipinski definition) is 2. The Balaban J connectivity index is 0.00000106. The molecule has 2 heteroatoms. The Morgan fingerprint density at radius 1 is 1.00 bits per heavy atom. The van der Waals surface area contributed by atoms with E-state index in [0.29, 0.717) is 12.5 Å². The van der Waals surface area contributed by atoms with Crippen LogP contribution in [0.25, 0.3) is 0 Å². The van der Waals surface area contributed by atoms with Gasteiger partial charge in [-0.1, -0.05) is 13.8 Å². The van der Waals surface area contributed by atoms with E-state index in [1.165, 1.54) is 0 Å². The van der Waals surface area contributed by atoms with Crippen LogP contribution in [0.3, 0.4) is 0 Å². The molecule has 0 atom stereocenters. The fourth-order valence-corrected chi connectivity index (χ4v) is 1.06. The molecule has 2 nitrogen and oxygen atoms in total. The summed E-state index contributed by atoms with van der Waals surface area (Å²) in [5, 5.41) is 0. The molecule has 0 unspecified atom stereocenters. The summed E-state index contributed by atoms with van der Waals surface area (Å²) < 4.78 is 10.9. The van der Waals surface area contributed by atoms with E-state index in [4.69, 9.17) is 9.47 Å². The molecule has 0 saturated carbocycles. The standard InChI is InChI=1S/C12H18O2.C2H4/c1-4-13-11-5-7-12(8-6-11)14-9-10(2)3;1-2/h5-8,10H,4,9H2,1-3H3;1-2H2. The van der Waals surface area contributed by atoms with E-state index in [2.05, 4.69) is 27.0 Å². The second-order valence-electron chi connectivity index (χ2n) is 3.61. The van der Waals surface area contributed by atoms with Crippen molar-refractivity contribution < 1.29 is 9.47 Å². The minimum absolute atomic E-state index is 0.557. The van der Waals surface area contributed by atoms with Crippen LogP contribution in [0.5, 0.6) is 11.5 Å². The Morgan fingerprint density at radius 3 is 1.81 bits per heavy atom. The summed E-state index contributed by atoms with van der Waals surface area (Å²) in [7, 11) is 0. The summed E-state index contributed by atoms with van der Waals surface area (Å²) in [4.78, 5) is 0. The third-order valence-electron chi connectivity index (χ3n) is 1.72. The fourth-order valence-electron chi connectivity index (χ4n) is 1.06. The Kier molecular flexibility index (Phi) is 8.04. The van der Waals surface area contributed by atoms with Crippen LogP contribution in [0.1, 0.15) is 20.8 Å². The summed E-state index contributed by atoms with van der Waals surface area (Å²) in [5.41, 5.74) is 0. The van der Waals surface area contributed by atoms with Gasteiger partial charge in [0.25, 0.3) is 0 Å². The zero-order valence-corrected chi connectivity index (χ0v) is 10.5. The highest BCUT2D eigenvalue weighted by Crippen LogP contribution is 2.17. The molecule has 0 radical (unpaired) electrons. The van der Waals surface area contributed by atoms with Gasteiger partial charge in [-0.15, -0.1) is 13.2 Å². The molecular formula is C14H22O2. The van der Waals surface area contributed by atoms with Gasteiger partial charge in [0.2, 0.25) is 0 Å². The summed E-state index contributed by atoms with van der Waals surface area (Å²) >= 11 is 0. The molecule has 0 aliphatic rings. The van der Waals surface area contributed by atoms with Gasteiger partial charge in [-0.05, 0) is 37.1 Å². The van der Waals surface area contributed by atoms with Crippen LogP contribution in [0.4, 0.5) is 0 Å². The largest absolute Gasteiger partial charge is 0.494 e. The molecular weight excluding hydrogens is 200 g/mol. The number of rotatable bonds is 5. The van der Waals surface area contributed by atoms with Gasteiger partial charge in [-0.3, -0.25) is 0 Å². The van der Waals surface area contributed by atoms with Crippen molar-refractivity contribution in [3.63, 3.8) is 0 Å². The van der Waals surface area contributed by atoms with E-state index in [9.17, 15) is 0 Å². The summed E-state index contributed by atoms with van der Waals surface area (Å²) in [6, 6.07) is 7.74. The first-order valence-electron chi connectivity index (χ1n) is 5.58. The van der Waals surface area contributed by atoms with Crippen molar-refractivity contribution in [3.05, 3.63) is 37.4 Å². The lowest BCUT2D eigenvalue weighted by Crippen LogP contribution is -2.04. The maximum absolute atomic E-state index is 5.54. The van der Waals surface area contributed by atoms with Crippen molar-refractivity contribution in [1.82, 2.24) is 0 Å². The molecule has 1 aromatic rings. The van der Waals surface area contributed by atoms with Crippen molar-refractivity contribution in [2.24, 2.45) is 5.92 Å². The third kappa shape index (κ3) is 6.12. The molecule has 1 aromatic carbocycles. The van der Waals surface area contributed by atoms with Crippen LogP contribution in [0.15, 0.2) is 37.4 Å². The monoisotopic (exact) mass is 222 g/mol. The predicted molar refractivity (Wildman–Crippen MR) is 69.2 cm³/mol. The van der Waals surface area contributed by atoms with Crippen molar-refractivity contribution in [3.8, 4) is 11.5 Å². The molecule has 0 N–H and O–H groups in total. The van der Waals surface area contributed by atoms with Gasteiger partial charge in [0.15, 0.2) is 0 Å². The van der Waals surface area contributed by atoms with E-state index in [0.717, 1.165) is 18.1 Å². The first-order chi connectivity index (χ1) is 7.72. The molecule has 0 aliphatic heterocycles. The second kappa shape index (κ2) is 8.84. The van der Waals surface area contributed by atoms with E-state index >= 15 is 0 Å². The van der Waals surface area contributed by atoms with Crippen LogP contribution in [-0.4, -0.2) is 13.2 Å². The zero-order chi connectivity index (χ0) is 12.4. The predicted octanol–water partition coefficient (Wildman–Crippen LogP) is 3.92. The second-order valence-corrected chi connectivity index (χ2v) is 3.61. The molecule has 1 rings (SSSR count). The minimum atomic E-state index is 0.557. The highest BCUT2D eigenvalue weighted by atomic mass is 16.5. The average Bonchev–Trinajstić information content (AvgIpc) is 2.31. The van der Waals surface area contributed by atoms with Crippen LogP contribution in [-0.2, 0) is 0 Å². The molecule has 0 heterocycles. The number of benzene rings is 1. The third-order valence-corrected chi connectivity index (χ3v) is 1.72. The van der Waals surface area contributed by atoms with Gasteiger partial charge < -0.3 is 9.47 Å². The van der Waals surface area contributed by atoms with Gasteiger partial charge in [-0.2, -0.15) is 0 Å². The minimum Gasteiger partial charge on any atom is -0.494 e. The molecule has 90 valence electrons. The Bertz CT molecular complexity index is 265. The quantitative estimate of drug-likeness (QED) is 0.703. The topological polar surface area (TPSA) is 18.5 Å². The molecule has 0 saturated heterocycles. The Hall–Kier alpha value is -1.44. The summed E-state index contributed by atoms with van der Waals surface area (Å²) in [6.45, 7) is 13.7. The molecule has 0 bridgehead atoms. The smallest absolute Gasteiger partial charge is 0.119 e. The lowest BCUT2D eigenvalue weighted by Gasteiger charge is -2.09. The molecule has 0 aliphatic carbocycles. The average molecular weight is 222 g/mol. The van der Waals surface area contributed by atoms with Crippen molar-refractivity contribution in [2.75, 3.05) is 13.2 Å². The van der Waals surface area contributed by atoms with Gasteiger partial charge in [0, 0.05) is 0 Å². The summed E-state index contributed by atoms with van der Waals surface area (Å²) in [6.07, 6.45) is 0. The van der Waals surface area contributed by atoms with Crippen LogP contribution in [0, 0.1) is 5.92 Å². The molecule has 0 amide bonds. The molecule has 0 fully saturated rings. The Labute approximate surface area is 98.9 Å². The SMILES string of the molecule is C=C.CCOc1ccc(OCC(C)C)cc1. The number of hydrogen-bond donors (Lipinski definition) is 0. The van der Waals surface area contributed by atoms with Gasteiger partial charge in [0.1, 0.15) is 11.5 Å². The Morgan fingerprint density at radius 2 is 1.44 bits per heavy atom. The molecule has 0 spiro atoms. The van der Waals surface area contributed by atoms with Crippen LogP contribution < -0.4 is 9.47 Å². The summed E-state index contributed by atoms with van der Waals surface area (Å²) in [5.74, 6) is 2.35. The maximum atomic E-state index is 5.54. The van der Waals surface area contributed by atoms with Crippen molar-refractivity contribution >= 4 is 0 Å².